The molecule has 2 aromatic rings. The van der Waals surface area contributed by atoms with Crippen molar-refractivity contribution >= 4 is 5.91 Å². The topological polar surface area (TPSA) is 55.3 Å². The summed E-state index contributed by atoms with van der Waals surface area (Å²) in [6.07, 6.45) is 7.08. The van der Waals surface area contributed by atoms with Gasteiger partial charge in [0.1, 0.15) is 12.1 Å². The maximum atomic E-state index is 14.5. The Balaban J connectivity index is 1.54. The lowest BCUT2D eigenvalue weighted by molar-refractivity contribution is -0.0315. The van der Waals surface area contributed by atoms with Gasteiger partial charge in [0.15, 0.2) is 0 Å². The largest absolute Gasteiger partial charge is 0.374 e. The normalized spacial score (nSPS) is 20.9. The van der Waals surface area contributed by atoms with Gasteiger partial charge in [0.2, 0.25) is 0 Å². The minimum Gasteiger partial charge on any atom is -0.374 e. The fraction of sp³-hybridized carbons (Fsp3) is 0.389. The van der Waals surface area contributed by atoms with Crippen molar-refractivity contribution in [2.75, 3.05) is 19.7 Å². The van der Waals surface area contributed by atoms with Crippen LogP contribution in [0, 0.1) is 11.7 Å². The first-order valence-electron chi connectivity index (χ1n) is 8.18. The van der Waals surface area contributed by atoms with Crippen LogP contribution in [0.3, 0.4) is 0 Å². The molecule has 6 heteroatoms. The first kappa shape index (κ1) is 15.2. The SMILES string of the molecule is O=C(c1ccc(-c2cncnc2)cc1F)N1CCOC(C2CC2)C1. The van der Waals surface area contributed by atoms with Crippen LogP contribution in [-0.4, -0.2) is 46.6 Å². The molecule has 5 nitrogen and oxygen atoms in total. The second-order valence-electron chi connectivity index (χ2n) is 6.32. The van der Waals surface area contributed by atoms with E-state index in [4.69, 9.17) is 4.74 Å². The van der Waals surface area contributed by atoms with Gasteiger partial charge in [-0.3, -0.25) is 4.79 Å². The van der Waals surface area contributed by atoms with Crippen LogP contribution in [0.4, 0.5) is 4.39 Å². The van der Waals surface area contributed by atoms with Gasteiger partial charge >= 0.3 is 0 Å². The zero-order valence-electron chi connectivity index (χ0n) is 13.2. The molecule has 24 heavy (non-hydrogen) atoms. The number of carbonyl (C=O) groups excluding carboxylic acids is 1. The van der Waals surface area contributed by atoms with Crippen molar-refractivity contribution in [2.24, 2.45) is 5.92 Å². The lowest BCUT2D eigenvalue weighted by atomic mass is 10.0. The van der Waals surface area contributed by atoms with Gasteiger partial charge in [-0.2, -0.15) is 0 Å². The molecule has 1 amide bonds. The Morgan fingerprint density at radius 3 is 2.71 bits per heavy atom. The predicted molar refractivity (Wildman–Crippen MR) is 85.8 cm³/mol. The van der Waals surface area contributed by atoms with Crippen molar-refractivity contribution in [3.05, 3.63) is 48.3 Å². The second kappa shape index (κ2) is 6.28. The van der Waals surface area contributed by atoms with Crippen LogP contribution in [0.5, 0.6) is 0 Å². The molecule has 0 N–H and O–H groups in total. The van der Waals surface area contributed by atoms with E-state index in [0.29, 0.717) is 31.2 Å². The molecule has 1 aliphatic heterocycles. The van der Waals surface area contributed by atoms with E-state index in [1.165, 1.54) is 12.4 Å². The number of aromatic nitrogens is 2. The Kier molecular flexibility index (Phi) is 3.98. The van der Waals surface area contributed by atoms with Crippen LogP contribution in [0.1, 0.15) is 23.2 Å². The van der Waals surface area contributed by atoms with Gasteiger partial charge in [-0.15, -0.1) is 0 Å². The summed E-state index contributed by atoms with van der Waals surface area (Å²) >= 11 is 0. The van der Waals surface area contributed by atoms with Gasteiger partial charge in [-0.1, -0.05) is 6.07 Å². The summed E-state index contributed by atoms with van der Waals surface area (Å²) in [5.74, 6) is -0.223. The number of hydrogen-bond acceptors (Lipinski definition) is 4. The Morgan fingerprint density at radius 2 is 2.00 bits per heavy atom. The molecule has 1 saturated carbocycles. The van der Waals surface area contributed by atoms with Crippen molar-refractivity contribution in [3.63, 3.8) is 0 Å². The maximum absolute atomic E-state index is 14.5. The average Bonchev–Trinajstić information content (AvgIpc) is 3.47. The molecule has 1 atom stereocenters. The summed E-state index contributed by atoms with van der Waals surface area (Å²) in [5, 5.41) is 0. The number of benzene rings is 1. The van der Waals surface area contributed by atoms with Gasteiger partial charge < -0.3 is 9.64 Å². The highest BCUT2D eigenvalue weighted by Crippen LogP contribution is 2.36. The monoisotopic (exact) mass is 327 g/mol. The van der Waals surface area contributed by atoms with Gasteiger partial charge in [0, 0.05) is 31.0 Å². The van der Waals surface area contributed by atoms with Crippen LogP contribution in [0.2, 0.25) is 0 Å². The van der Waals surface area contributed by atoms with E-state index < -0.39 is 5.82 Å². The maximum Gasteiger partial charge on any atom is 0.256 e. The van der Waals surface area contributed by atoms with Crippen LogP contribution in [0.15, 0.2) is 36.9 Å². The molecular weight excluding hydrogens is 309 g/mol. The van der Waals surface area contributed by atoms with Gasteiger partial charge in [0.05, 0.1) is 18.3 Å². The van der Waals surface area contributed by atoms with E-state index in [1.807, 2.05) is 0 Å². The average molecular weight is 327 g/mol. The fourth-order valence-electron chi connectivity index (χ4n) is 3.10. The molecule has 0 spiro atoms. The highest BCUT2D eigenvalue weighted by atomic mass is 19.1. The second-order valence-corrected chi connectivity index (χ2v) is 6.32. The molecule has 0 radical (unpaired) electrons. The number of ether oxygens (including phenoxy) is 1. The van der Waals surface area contributed by atoms with Crippen LogP contribution < -0.4 is 0 Å². The molecule has 1 unspecified atom stereocenters. The summed E-state index contributed by atoms with van der Waals surface area (Å²) in [4.78, 5) is 22.2. The summed E-state index contributed by atoms with van der Waals surface area (Å²) in [7, 11) is 0. The van der Waals surface area contributed by atoms with Crippen molar-refractivity contribution in [1.82, 2.24) is 14.9 Å². The summed E-state index contributed by atoms with van der Waals surface area (Å²) < 4.78 is 20.2. The Labute approximate surface area is 139 Å². The Bertz CT molecular complexity index is 749. The first-order chi connectivity index (χ1) is 11.7. The number of amides is 1. The van der Waals surface area contributed by atoms with E-state index in [2.05, 4.69) is 9.97 Å². The molecule has 2 heterocycles. The highest BCUT2D eigenvalue weighted by molar-refractivity contribution is 5.95. The molecule has 1 aromatic carbocycles. The molecule has 2 aliphatic rings. The highest BCUT2D eigenvalue weighted by Gasteiger charge is 2.36. The number of carbonyl (C=O) groups is 1. The van der Waals surface area contributed by atoms with Crippen LogP contribution in [-0.2, 0) is 4.74 Å². The molecule has 1 aliphatic carbocycles. The molecule has 2 fully saturated rings. The van der Waals surface area contributed by atoms with E-state index in [-0.39, 0.29) is 17.6 Å². The van der Waals surface area contributed by atoms with Gasteiger partial charge in [-0.05, 0) is 36.5 Å². The van der Waals surface area contributed by atoms with Crippen LogP contribution in [0.25, 0.3) is 11.1 Å². The fourth-order valence-corrected chi connectivity index (χ4v) is 3.10. The number of rotatable bonds is 3. The van der Waals surface area contributed by atoms with Crippen molar-refractivity contribution < 1.29 is 13.9 Å². The standard InChI is InChI=1S/C18H18FN3O2/c19-16-7-13(14-8-20-11-21-9-14)3-4-15(16)18(23)22-5-6-24-17(10-22)12-1-2-12/h3-4,7-9,11-12,17H,1-2,5-6,10H2. The van der Waals surface area contributed by atoms with Crippen molar-refractivity contribution in [2.45, 2.75) is 18.9 Å². The third-order valence-corrected chi connectivity index (χ3v) is 4.62. The molecule has 1 saturated heterocycles. The molecule has 4 rings (SSSR count). The molecule has 0 bridgehead atoms. The summed E-state index contributed by atoms with van der Waals surface area (Å²) in [5.41, 5.74) is 1.48. The lowest BCUT2D eigenvalue weighted by Crippen LogP contribution is -2.46. The number of halogens is 1. The van der Waals surface area contributed by atoms with Crippen LogP contribution >= 0.6 is 0 Å². The zero-order valence-corrected chi connectivity index (χ0v) is 13.2. The first-order valence-corrected chi connectivity index (χ1v) is 8.18. The van der Waals surface area contributed by atoms with E-state index in [0.717, 1.165) is 18.4 Å². The summed E-state index contributed by atoms with van der Waals surface area (Å²) in [6, 6.07) is 4.64. The minimum atomic E-state index is -0.518. The Hall–Kier alpha value is -2.34. The van der Waals surface area contributed by atoms with Crippen molar-refractivity contribution in [1.29, 1.82) is 0 Å². The third kappa shape index (κ3) is 3.01. The van der Waals surface area contributed by atoms with E-state index >= 15 is 0 Å². The van der Waals surface area contributed by atoms with E-state index in [9.17, 15) is 9.18 Å². The summed E-state index contributed by atoms with van der Waals surface area (Å²) in [6.45, 7) is 1.58. The number of nitrogens with zero attached hydrogens (tertiary/aromatic N) is 3. The van der Waals surface area contributed by atoms with Gasteiger partial charge in [-0.25, -0.2) is 14.4 Å². The molecular formula is C18H18FN3O2. The quantitative estimate of drug-likeness (QED) is 0.869. The van der Waals surface area contributed by atoms with E-state index in [1.54, 1.807) is 29.4 Å². The molecule has 124 valence electrons. The number of hydrogen-bond donors (Lipinski definition) is 0. The Morgan fingerprint density at radius 1 is 1.21 bits per heavy atom. The molecule has 1 aromatic heterocycles. The lowest BCUT2D eigenvalue weighted by Gasteiger charge is -2.33. The number of morpholine rings is 1. The smallest absolute Gasteiger partial charge is 0.256 e. The van der Waals surface area contributed by atoms with Gasteiger partial charge in [0.25, 0.3) is 5.91 Å². The third-order valence-electron chi connectivity index (χ3n) is 4.62. The predicted octanol–water partition coefficient (Wildman–Crippen LogP) is 2.53. The minimum absolute atomic E-state index is 0.103. The van der Waals surface area contributed by atoms with Crippen molar-refractivity contribution in [3.8, 4) is 11.1 Å². The zero-order chi connectivity index (χ0) is 16.5.